The molecule has 36 heavy (non-hydrogen) atoms. The SMILES string of the molecule is CSCC(C)(C)NC(=O)c1ccc(Br)cc1C(=O)Nc1ccc(C(F)(C(F)(F)F)C(F)(F)F)cc1C. The van der Waals surface area contributed by atoms with Crippen LogP contribution in [0.2, 0.25) is 0 Å². The van der Waals surface area contributed by atoms with Crippen molar-refractivity contribution in [2.45, 2.75) is 44.3 Å². The lowest BCUT2D eigenvalue weighted by molar-refractivity contribution is -0.348. The lowest BCUT2D eigenvalue weighted by Gasteiger charge is -2.30. The largest absolute Gasteiger partial charge is 0.435 e. The summed E-state index contributed by atoms with van der Waals surface area (Å²) in [6.45, 7) is 4.70. The molecule has 2 aromatic carbocycles. The van der Waals surface area contributed by atoms with Crippen molar-refractivity contribution in [3.8, 4) is 0 Å². The molecule has 13 heteroatoms. The van der Waals surface area contributed by atoms with Gasteiger partial charge in [-0.2, -0.15) is 38.1 Å². The molecular weight excluding hydrogens is 581 g/mol. The molecule has 0 aliphatic carbocycles. The normalized spacial score (nSPS) is 12.9. The van der Waals surface area contributed by atoms with Gasteiger partial charge in [-0.05, 0) is 56.9 Å². The minimum atomic E-state index is -6.26. The Bertz CT molecular complexity index is 1140. The van der Waals surface area contributed by atoms with E-state index in [9.17, 15) is 40.3 Å². The van der Waals surface area contributed by atoms with Crippen molar-refractivity contribution in [1.82, 2.24) is 5.32 Å². The van der Waals surface area contributed by atoms with Gasteiger partial charge in [0.2, 0.25) is 0 Å². The maximum atomic E-state index is 14.4. The van der Waals surface area contributed by atoms with E-state index in [0.717, 1.165) is 13.0 Å². The molecule has 0 aliphatic rings. The predicted molar refractivity (Wildman–Crippen MR) is 128 cm³/mol. The van der Waals surface area contributed by atoms with E-state index in [2.05, 4.69) is 26.6 Å². The van der Waals surface area contributed by atoms with E-state index in [1.54, 1.807) is 13.8 Å². The number of benzene rings is 2. The molecule has 0 saturated carbocycles. The van der Waals surface area contributed by atoms with Gasteiger partial charge in [-0.25, -0.2) is 4.39 Å². The van der Waals surface area contributed by atoms with Crippen molar-refractivity contribution in [1.29, 1.82) is 0 Å². The predicted octanol–water partition coefficient (Wildman–Crippen LogP) is 7.17. The maximum Gasteiger partial charge on any atom is 0.435 e. The van der Waals surface area contributed by atoms with Gasteiger partial charge in [-0.1, -0.05) is 28.1 Å². The Morgan fingerprint density at radius 2 is 1.47 bits per heavy atom. The first-order valence-electron chi connectivity index (χ1n) is 10.2. The van der Waals surface area contributed by atoms with Crippen molar-refractivity contribution in [2.24, 2.45) is 0 Å². The molecular formula is C23H22BrF7N2O2S. The van der Waals surface area contributed by atoms with Crippen LogP contribution in [0, 0.1) is 6.92 Å². The maximum absolute atomic E-state index is 14.4. The topological polar surface area (TPSA) is 58.2 Å². The van der Waals surface area contributed by atoms with Gasteiger partial charge in [0.05, 0.1) is 11.1 Å². The zero-order valence-corrected chi connectivity index (χ0v) is 21.8. The fraction of sp³-hybridized carbons (Fsp3) is 0.391. The molecule has 0 heterocycles. The van der Waals surface area contributed by atoms with Crippen LogP contribution in [0.15, 0.2) is 40.9 Å². The van der Waals surface area contributed by atoms with E-state index in [0.29, 0.717) is 22.4 Å². The van der Waals surface area contributed by atoms with Crippen LogP contribution in [0.3, 0.4) is 0 Å². The summed E-state index contributed by atoms with van der Waals surface area (Å²) in [7, 11) is 0. The third kappa shape index (κ3) is 6.34. The van der Waals surface area contributed by atoms with E-state index >= 15 is 0 Å². The number of hydrogen-bond donors (Lipinski definition) is 2. The second-order valence-electron chi connectivity index (χ2n) is 8.60. The number of thioether (sulfide) groups is 1. The minimum absolute atomic E-state index is 0.00364. The Morgan fingerprint density at radius 3 is 1.97 bits per heavy atom. The van der Waals surface area contributed by atoms with Crippen molar-refractivity contribution in [3.05, 3.63) is 63.1 Å². The van der Waals surface area contributed by atoms with Crippen LogP contribution in [0.1, 0.15) is 45.7 Å². The van der Waals surface area contributed by atoms with Crippen LogP contribution < -0.4 is 10.6 Å². The first-order chi connectivity index (χ1) is 16.3. The Morgan fingerprint density at radius 1 is 0.889 bits per heavy atom. The third-order valence-electron chi connectivity index (χ3n) is 5.08. The molecule has 0 unspecified atom stereocenters. The van der Waals surface area contributed by atoms with Crippen LogP contribution in [0.25, 0.3) is 0 Å². The number of halogens is 8. The van der Waals surface area contributed by atoms with Gasteiger partial charge in [0.1, 0.15) is 0 Å². The Labute approximate surface area is 215 Å². The molecule has 0 atom stereocenters. The second-order valence-corrected chi connectivity index (χ2v) is 10.4. The summed E-state index contributed by atoms with van der Waals surface area (Å²) in [6.07, 6.45) is -10.7. The highest BCUT2D eigenvalue weighted by atomic mass is 79.9. The first-order valence-corrected chi connectivity index (χ1v) is 12.4. The zero-order valence-electron chi connectivity index (χ0n) is 19.4. The Hall–Kier alpha value is -2.28. The summed E-state index contributed by atoms with van der Waals surface area (Å²) < 4.78 is 93.2. The average Bonchev–Trinajstić information content (AvgIpc) is 2.72. The standard InChI is InChI=1S/C23H22BrF7N2O2S/c1-12-9-13(21(25,22(26,27)28)23(29,30)31)5-8-17(12)32-18(34)16-10-14(24)6-7-15(16)19(35)33-20(2,3)11-36-4/h5-10H,11H2,1-4H3,(H,32,34)(H,33,35). The summed E-state index contributed by atoms with van der Waals surface area (Å²) in [5, 5.41) is 5.17. The van der Waals surface area contributed by atoms with Crippen LogP contribution in [-0.4, -0.2) is 41.7 Å². The molecule has 2 N–H and O–H groups in total. The van der Waals surface area contributed by atoms with E-state index in [-0.39, 0.29) is 22.4 Å². The molecule has 198 valence electrons. The molecule has 2 rings (SSSR count). The highest BCUT2D eigenvalue weighted by molar-refractivity contribution is 9.10. The lowest BCUT2D eigenvalue weighted by Crippen LogP contribution is -2.50. The number of amides is 2. The van der Waals surface area contributed by atoms with Gasteiger partial charge < -0.3 is 10.6 Å². The van der Waals surface area contributed by atoms with Gasteiger partial charge in [0.25, 0.3) is 11.8 Å². The van der Waals surface area contributed by atoms with Crippen LogP contribution in [0.4, 0.5) is 36.4 Å². The number of anilines is 1. The summed E-state index contributed by atoms with van der Waals surface area (Å²) in [6, 6.07) is 5.69. The van der Waals surface area contributed by atoms with Gasteiger partial charge >= 0.3 is 18.0 Å². The van der Waals surface area contributed by atoms with Crippen molar-refractivity contribution >= 4 is 45.2 Å². The molecule has 0 saturated heterocycles. The van der Waals surface area contributed by atoms with E-state index in [4.69, 9.17) is 0 Å². The number of rotatable bonds is 7. The van der Waals surface area contributed by atoms with E-state index in [1.165, 1.54) is 30.0 Å². The summed E-state index contributed by atoms with van der Waals surface area (Å²) in [4.78, 5) is 25.8. The molecule has 0 bridgehead atoms. The zero-order chi connectivity index (χ0) is 27.7. The highest BCUT2D eigenvalue weighted by Crippen LogP contribution is 2.53. The molecule has 2 aromatic rings. The van der Waals surface area contributed by atoms with Crippen molar-refractivity contribution in [3.63, 3.8) is 0 Å². The first kappa shape index (κ1) is 29.9. The fourth-order valence-corrected chi connectivity index (χ4v) is 4.52. The smallest absolute Gasteiger partial charge is 0.346 e. The van der Waals surface area contributed by atoms with Crippen LogP contribution in [0.5, 0.6) is 0 Å². The number of alkyl halides is 7. The molecule has 0 aliphatic heterocycles. The van der Waals surface area contributed by atoms with Crippen molar-refractivity contribution in [2.75, 3.05) is 17.3 Å². The van der Waals surface area contributed by atoms with Crippen LogP contribution in [-0.2, 0) is 5.67 Å². The molecule has 0 aromatic heterocycles. The number of aryl methyl sites for hydroxylation is 1. The van der Waals surface area contributed by atoms with E-state index in [1.807, 2.05) is 6.26 Å². The molecule has 0 radical (unpaired) electrons. The van der Waals surface area contributed by atoms with E-state index < -0.39 is 40.9 Å². The third-order valence-corrected chi connectivity index (χ3v) is 6.59. The van der Waals surface area contributed by atoms with Crippen LogP contribution >= 0.6 is 27.7 Å². The van der Waals surface area contributed by atoms with Gasteiger partial charge in [-0.3, -0.25) is 9.59 Å². The number of hydrogen-bond acceptors (Lipinski definition) is 3. The fourth-order valence-electron chi connectivity index (χ4n) is 3.37. The van der Waals surface area contributed by atoms with Gasteiger partial charge in [0, 0.05) is 27.0 Å². The summed E-state index contributed by atoms with van der Waals surface area (Å²) in [5.41, 5.74) is -8.39. The number of carbonyl (C=O) groups excluding carboxylic acids is 2. The number of carbonyl (C=O) groups is 2. The Kier molecular flexibility index (Phi) is 8.82. The highest BCUT2D eigenvalue weighted by Gasteiger charge is 2.73. The molecule has 0 spiro atoms. The summed E-state index contributed by atoms with van der Waals surface area (Å²) >= 11 is 4.70. The quantitative estimate of drug-likeness (QED) is 0.330. The summed E-state index contributed by atoms with van der Waals surface area (Å²) in [5.74, 6) is -0.830. The number of nitrogens with one attached hydrogen (secondary N) is 2. The van der Waals surface area contributed by atoms with Crippen molar-refractivity contribution < 1.29 is 40.3 Å². The molecule has 2 amide bonds. The lowest BCUT2D eigenvalue weighted by atomic mass is 9.92. The minimum Gasteiger partial charge on any atom is -0.346 e. The average molecular weight is 603 g/mol. The molecule has 4 nitrogen and oxygen atoms in total. The van der Waals surface area contributed by atoms with Gasteiger partial charge in [0.15, 0.2) is 0 Å². The second kappa shape index (κ2) is 10.6. The molecule has 0 fully saturated rings. The van der Waals surface area contributed by atoms with Gasteiger partial charge in [-0.15, -0.1) is 0 Å². The monoisotopic (exact) mass is 602 g/mol. The Balaban J connectivity index is 2.42.